The highest BCUT2D eigenvalue weighted by molar-refractivity contribution is 9.10. The SMILES string of the molecule is CCN(CC1CC1)c1ncc(Br)cc1CCl. The van der Waals surface area contributed by atoms with Crippen LogP contribution in [0.5, 0.6) is 0 Å². The van der Waals surface area contributed by atoms with Gasteiger partial charge in [0.25, 0.3) is 0 Å². The zero-order valence-corrected chi connectivity index (χ0v) is 11.8. The molecule has 1 heterocycles. The number of anilines is 1. The maximum Gasteiger partial charge on any atom is 0.133 e. The molecule has 16 heavy (non-hydrogen) atoms. The van der Waals surface area contributed by atoms with Crippen LogP contribution in [0.3, 0.4) is 0 Å². The predicted octanol–water partition coefficient (Wildman–Crippen LogP) is 3.82. The van der Waals surface area contributed by atoms with Crippen molar-refractivity contribution < 1.29 is 0 Å². The minimum absolute atomic E-state index is 0.517. The first kappa shape index (κ1) is 12.2. The summed E-state index contributed by atoms with van der Waals surface area (Å²) in [5.41, 5.74) is 1.11. The second kappa shape index (κ2) is 5.37. The lowest BCUT2D eigenvalue weighted by Gasteiger charge is -2.24. The summed E-state index contributed by atoms with van der Waals surface area (Å²) in [6, 6.07) is 2.06. The number of halogens is 2. The molecule has 1 aromatic heterocycles. The van der Waals surface area contributed by atoms with Crippen molar-refractivity contribution >= 4 is 33.3 Å². The maximum atomic E-state index is 5.97. The second-order valence-electron chi connectivity index (χ2n) is 4.25. The fourth-order valence-corrected chi connectivity index (χ4v) is 2.41. The molecule has 1 saturated carbocycles. The highest BCUT2D eigenvalue weighted by atomic mass is 79.9. The molecule has 0 aliphatic heterocycles. The van der Waals surface area contributed by atoms with Crippen LogP contribution >= 0.6 is 27.5 Å². The van der Waals surface area contributed by atoms with Crippen LogP contribution in [0.1, 0.15) is 25.3 Å². The number of alkyl halides is 1. The van der Waals surface area contributed by atoms with Crippen molar-refractivity contribution in [2.45, 2.75) is 25.6 Å². The summed E-state index contributed by atoms with van der Waals surface area (Å²) in [6.07, 6.45) is 4.58. The third-order valence-corrected chi connectivity index (χ3v) is 3.63. The highest BCUT2D eigenvalue weighted by Gasteiger charge is 2.25. The minimum atomic E-state index is 0.517. The predicted molar refractivity (Wildman–Crippen MR) is 72.1 cm³/mol. The van der Waals surface area contributed by atoms with Gasteiger partial charge >= 0.3 is 0 Å². The third kappa shape index (κ3) is 2.89. The summed E-state index contributed by atoms with van der Waals surface area (Å²) >= 11 is 9.40. The summed E-state index contributed by atoms with van der Waals surface area (Å²) in [5.74, 6) is 2.43. The van der Waals surface area contributed by atoms with Gasteiger partial charge in [0.2, 0.25) is 0 Å². The van der Waals surface area contributed by atoms with Crippen molar-refractivity contribution in [3.8, 4) is 0 Å². The number of hydrogen-bond donors (Lipinski definition) is 0. The van der Waals surface area contributed by atoms with Crippen LogP contribution in [-0.2, 0) is 5.88 Å². The summed E-state index contributed by atoms with van der Waals surface area (Å²) in [6.45, 7) is 4.29. The fourth-order valence-electron chi connectivity index (χ4n) is 1.83. The van der Waals surface area contributed by atoms with E-state index in [2.05, 4.69) is 38.8 Å². The summed E-state index contributed by atoms with van der Waals surface area (Å²) in [4.78, 5) is 6.83. The smallest absolute Gasteiger partial charge is 0.133 e. The van der Waals surface area contributed by atoms with Crippen molar-refractivity contribution in [2.24, 2.45) is 5.92 Å². The van der Waals surface area contributed by atoms with Crippen molar-refractivity contribution in [2.75, 3.05) is 18.0 Å². The van der Waals surface area contributed by atoms with E-state index in [1.54, 1.807) is 0 Å². The Morgan fingerprint density at radius 3 is 2.88 bits per heavy atom. The zero-order valence-electron chi connectivity index (χ0n) is 9.42. The van der Waals surface area contributed by atoms with Gasteiger partial charge < -0.3 is 4.90 Å². The molecule has 88 valence electrons. The van der Waals surface area contributed by atoms with Crippen LogP contribution in [0, 0.1) is 5.92 Å². The summed E-state index contributed by atoms with van der Waals surface area (Å²) in [7, 11) is 0. The molecule has 0 unspecified atom stereocenters. The first-order valence-corrected chi connectivity index (χ1v) is 7.02. The van der Waals surface area contributed by atoms with Crippen LogP contribution in [0.15, 0.2) is 16.7 Å². The van der Waals surface area contributed by atoms with Crippen LogP contribution in [0.25, 0.3) is 0 Å². The van der Waals surface area contributed by atoms with Gasteiger partial charge in [-0.25, -0.2) is 4.98 Å². The van der Waals surface area contributed by atoms with E-state index in [0.29, 0.717) is 5.88 Å². The molecule has 2 nitrogen and oxygen atoms in total. The van der Waals surface area contributed by atoms with E-state index in [9.17, 15) is 0 Å². The Bertz CT molecular complexity index is 366. The van der Waals surface area contributed by atoms with Crippen molar-refractivity contribution in [3.05, 3.63) is 22.3 Å². The van der Waals surface area contributed by atoms with E-state index >= 15 is 0 Å². The van der Waals surface area contributed by atoms with Gasteiger partial charge in [-0.2, -0.15) is 0 Å². The molecule has 4 heteroatoms. The summed E-state index contributed by atoms with van der Waals surface area (Å²) < 4.78 is 0.995. The molecule has 1 aromatic rings. The molecule has 2 rings (SSSR count). The minimum Gasteiger partial charge on any atom is -0.356 e. The van der Waals surface area contributed by atoms with Crippen molar-refractivity contribution in [1.29, 1.82) is 0 Å². The van der Waals surface area contributed by atoms with Crippen molar-refractivity contribution in [1.82, 2.24) is 4.98 Å². The van der Waals surface area contributed by atoms with E-state index < -0.39 is 0 Å². The van der Waals surface area contributed by atoms with Gasteiger partial charge in [0.15, 0.2) is 0 Å². The molecular weight excluding hydrogens is 288 g/mol. The molecule has 0 saturated heterocycles. The van der Waals surface area contributed by atoms with Gasteiger partial charge in [-0.1, -0.05) is 0 Å². The molecule has 1 aliphatic rings. The lowest BCUT2D eigenvalue weighted by atomic mass is 10.2. The zero-order chi connectivity index (χ0) is 11.5. The normalized spacial score (nSPS) is 15.2. The van der Waals surface area contributed by atoms with Gasteiger partial charge in [-0.15, -0.1) is 11.6 Å². The van der Waals surface area contributed by atoms with Gasteiger partial charge in [0.05, 0.1) is 5.88 Å². The lowest BCUT2D eigenvalue weighted by molar-refractivity contribution is 0.729. The molecule has 0 atom stereocenters. The maximum absolute atomic E-state index is 5.97. The number of hydrogen-bond acceptors (Lipinski definition) is 2. The quantitative estimate of drug-likeness (QED) is 0.769. The van der Waals surface area contributed by atoms with E-state index in [-0.39, 0.29) is 0 Å². The summed E-state index contributed by atoms with van der Waals surface area (Å²) in [5, 5.41) is 0. The van der Waals surface area contributed by atoms with E-state index in [1.807, 2.05) is 6.20 Å². The molecule has 0 N–H and O–H groups in total. The van der Waals surface area contributed by atoms with Gasteiger partial charge in [0.1, 0.15) is 5.82 Å². The molecule has 0 amide bonds. The Kier molecular flexibility index (Phi) is 4.09. The van der Waals surface area contributed by atoms with E-state index in [4.69, 9.17) is 11.6 Å². The Morgan fingerprint density at radius 2 is 2.31 bits per heavy atom. The number of aromatic nitrogens is 1. The Morgan fingerprint density at radius 1 is 1.56 bits per heavy atom. The third-order valence-electron chi connectivity index (χ3n) is 2.91. The van der Waals surface area contributed by atoms with Crippen LogP contribution in [0.2, 0.25) is 0 Å². The average molecular weight is 304 g/mol. The molecular formula is C12H16BrClN2. The average Bonchev–Trinajstić information content (AvgIpc) is 3.10. The largest absolute Gasteiger partial charge is 0.356 e. The van der Waals surface area contributed by atoms with E-state index in [1.165, 1.54) is 12.8 Å². The monoisotopic (exact) mass is 302 g/mol. The second-order valence-corrected chi connectivity index (χ2v) is 5.43. The lowest BCUT2D eigenvalue weighted by Crippen LogP contribution is -2.27. The first-order valence-electron chi connectivity index (χ1n) is 5.70. The highest BCUT2D eigenvalue weighted by Crippen LogP contribution is 2.32. The Balaban J connectivity index is 2.21. The number of nitrogens with zero attached hydrogens (tertiary/aromatic N) is 2. The van der Waals surface area contributed by atoms with Gasteiger partial charge in [0, 0.05) is 29.3 Å². The number of pyridine rings is 1. The van der Waals surface area contributed by atoms with Crippen LogP contribution < -0.4 is 4.90 Å². The molecule has 0 spiro atoms. The molecule has 1 aliphatic carbocycles. The first-order chi connectivity index (χ1) is 7.74. The topological polar surface area (TPSA) is 16.1 Å². The van der Waals surface area contributed by atoms with Gasteiger partial charge in [-0.3, -0.25) is 0 Å². The Labute approximate surface area is 110 Å². The van der Waals surface area contributed by atoms with Crippen molar-refractivity contribution in [3.63, 3.8) is 0 Å². The van der Waals surface area contributed by atoms with Crippen LogP contribution in [-0.4, -0.2) is 18.1 Å². The molecule has 0 radical (unpaired) electrons. The van der Waals surface area contributed by atoms with Gasteiger partial charge in [-0.05, 0) is 47.7 Å². The van der Waals surface area contributed by atoms with E-state index in [0.717, 1.165) is 34.9 Å². The van der Waals surface area contributed by atoms with Crippen LogP contribution in [0.4, 0.5) is 5.82 Å². The molecule has 1 fully saturated rings. The number of rotatable bonds is 5. The molecule has 0 aromatic carbocycles. The Hall–Kier alpha value is -0.280. The fraction of sp³-hybridized carbons (Fsp3) is 0.583. The standard InChI is InChI=1S/C12H16BrClN2/c1-2-16(8-9-3-4-9)12-10(6-14)5-11(13)7-15-12/h5,7,9H,2-4,6,8H2,1H3. The molecule has 0 bridgehead atoms.